The van der Waals surface area contributed by atoms with Gasteiger partial charge in [-0.25, -0.2) is 9.67 Å². The van der Waals surface area contributed by atoms with Crippen molar-refractivity contribution in [2.45, 2.75) is 59.4 Å². The molecule has 0 radical (unpaired) electrons. The van der Waals surface area contributed by atoms with Crippen molar-refractivity contribution in [3.8, 4) is 0 Å². The molecular formula is C15H24N4O. The summed E-state index contributed by atoms with van der Waals surface area (Å²) in [6.07, 6.45) is 5.49. The van der Waals surface area contributed by atoms with Crippen molar-refractivity contribution in [2.75, 3.05) is 0 Å². The molecule has 1 atom stereocenters. The average Bonchev–Trinajstić information content (AvgIpc) is 2.85. The first-order valence-corrected chi connectivity index (χ1v) is 7.57. The lowest BCUT2D eigenvalue weighted by Gasteiger charge is -2.14. The van der Waals surface area contributed by atoms with E-state index in [4.69, 9.17) is 0 Å². The van der Waals surface area contributed by atoms with E-state index < -0.39 is 0 Å². The van der Waals surface area contributed by atoms with Crippen molar-refractivity contribution >= 4 is 11.0 Å². The number of aromatic amines is 1. The van der Waals surface area contributed by atoms with Gasteiger partial charge < -0.3 is 4.98 Å². The minimum atomic E-state index is -0.0782. The molecule has 0 fully saturated rings. The first-order valence-electron chi connectivity index (χ1n) is 7.57. The Balaban J connectivity index is 2.50. The summed E-state index contributed by atoms with van der Waals surface area (Å²) < 4.78 is 1.91. The van der Waals surface area contributed by atoms with Crippen LogP contribution in [0.25, 0.3) is 11.0 Å². The average molecular weight is 276 g/mol. The molecule has 0 saturated carbocycles. The van der Waals surface area contributed by atoms with Crippen LogP contribution in [0, 0.1) is 5.92 Å². The Morgan fingerprint density at radius 2 is 1.95 bits per heavy atom. The quantitative estimate of drug-likeness (QED) is 0.882. The van der Waals surface area contributed by atoms with E-state index in [2.05, 4.69) is 42.8 Å². The first-order chi connectivity index (χ1) is 9.60. The molecule has 110 valence electrons. The third kappa shape index (κ3) is 2.76. The lowest BCUT2D eigenvalue weighted by molar-refractivity contribution is 0.438. The van der Waals surface area contributed by atoms with E-state index in [0.29, 0.717) is 17.3 Å². The van der Waals surface area contributed by atoms with Crippen molar-refractivity contribution in [1.29, 1.82) is 0 Å². The maximum Gasteiger partial charge on any atom is 0.262 e. The van der Waals surface area contributed by atoms with Gasteiger partial charge in [-0.05, 0) is 18.8 Å². The van der Waals surface area contributed by atoms with Gasteiger partial charge >= 0.3 is 0 Å². The molecule has 0 aliphatic heterocycles. The summed E-state index contributed by atoms with van der Waals surface area (Å²) in [5.41, 5.74) is 0.645. The Morgan fingerprint density at radius 3 is 2.55 bits per heavy atom. The lowest BCUT2D eigenvalue weighted by atomic mass is 10.1. The van der Waals surface area contributed by atoms with E-state index in [1.165, 1.54) is 0 Å². The van der Waals surface area contributed by atoms with Gasteiger partial charge in [-0.3, -0.25) is 4.79 Å². The zero-order chi connectivity index (χ0) is 14.7. The third-order valence-electron chi connectivity index (χ3n) is 4.04. The molecule has 2 aromatic rings. The highest BCUT2D eigenvalue weighted by molar-refractivity contribution is 5.73. The standard InChI is InChI=1S/C15H24N4O/c1-5-10(4)8-13-17-14-12(15(20)18-13)9-16-19(14)11(6-2)7-3/h9-11H,5-8H2,1-4H3,(H,17,18,20). The molecule has 5 heteroatoms. The zero-order valence-electron chi connectivity index (χ0n) is 12.8. The molecule has 2 aromatic heterocycles. The summed E-state index contributed by atoms with van der Waals surface area (Å²) in [4.78, 5) is 19.7. The molecule has 1 unspecified atom stereocenters. The molecule has 0 saturated heterocycles. The summed E-state index contributed by atoms with van der Waals surface area (Å²) in [5.74, 6) is 1.28. The van der Waals surface area contributed by atoms with Crippen LogP contribution in [0.1, 0.15) is 58.8 Å². The molecule has 1 N–H and O–H groups in total. The van der Waals surface area contributed by atoms with Gasteiger partial charge in [-0.1, -0.05) is 34.1 Å². The summed E-state index contributed by atoms with van der Waals surface area (Å²) in [5, 5.41) is 4.96. The molecule has 0 aliphatic rings. The predicted octanol–water partition coefficient (Wildman–Crippen LogP) is 3.07. The Bertz CT molecular complexity index is 624. The molecule has 0 aliphatic carbocycles. The smallest absolute Gasteiger partial charge is 0.262 e. The van der Waals surface area contributed by atoms with Crippen LogP contribution < -0.4 is 5.56 Å². The van der Waals surface area contributed by atoms with Gasteiger partial charge in [0, 0.05) is 6.42 Å². The van der Waals surface area contributed by atoms with E-state index in [1.807, 2.05) is 4.68 Å². The number of fused-ring (bicyclic) bond motifs is 1. The summed E-state index contributed by atoms with van der Waals surface area (Å²) in [6, 6.07) is 0.304. The van der Waals surface area contributed by atoms with Crippen molar-refractivity contribution in [3.05, 3.63) is 22.4 Å². The normalized spacial score (nSPS) is 13.2. The SMILES string of the molecule is CCC(C)Cc1nc2c(cnn2C(CC)CC)c(=O)[nH]1. The second-order valence-electron chi connectivity index (χ2n) is 5.53. The molecule has 0 amide bonds. The maximum atomic E-state index is 12.1. The molecular weight excluding hydrogens is 252 g/mol. The fourth-order valence-electron chi connectivity index (χ4n) is 2.45. The predicted molar refractivity (Wildman–Crippen MR) is 80.9 cm³/mol. The van der Waals surface area contributed by atoms with E-state index in [-0.39, 0.29) is 5.56 Å². The summed E-state index contributed by atoms with van der Waals surface area (Å²) in [7, 11) is 0. The number of hydrogen-bond acceptors (Lipinski definition) is 3. The van der Waals surface area contributed by atoms with Crippen molar-refractivity contribution in [1.82, 2.24) is 19.7 Å². The molecule has 0 aromatic carbocycles. The molecule has 2 heterocycles. The van der Waals surface area contributed by atoms with E-state index in [9.17, 15) is 4.79 Å². The van der Waals surface area contributed by atoms with Gasteiger partial charge in [0.25, 0.3) is 5.56 Å². The summed E-state index contributed by atoms with van der Waals surface area (Å²) in [6.45, 7) is 8.59. The van der Waals surface area contributed by atoms with Crippen LogP contribution >= 0.6 is 0 Å². The van der Waals surface area contributed by atoms with Crippen molar-refractivity contribution < 1.29 is 0 Å². The second kappa shape index (κ2) is 6.20. The van der Waals surface area contributed by atoms with Gasteiger partial charge in [0.1, 0.15) is 11.2 Å². The monoisotopic (exact) mass is 276 g/mol. The van der Waals surface area contributed by atoms with Crippen LogP contribution in [0.3, 0.4) is 0 Å². The number of hydrogen-bond donors (Lipinski definition) is 1. The Labute approximate surface area is 119 Å². The topological polar surface area (TPSA) is 63.6 Å². The first kappa shape index (κ1) is 14.8. The minimum Gasteiger partial charge on any atom is -0.310 e. The van der Waals surface area contributed by atoms with Crippen LogP contribution in [0.5, 0.6) is 0 Å². The van der Waals surface area contributed by atoms with Crippen LogP contribution in [0.4, 0.5) is 0 Å². The maximum absolute atomic E-state index is 12.1. The second-order valence-corrected chi connectivity index (χ2v) is 5.53. The van der Waals surface area contributed by atoms with E-state index in [0.717, 1.165) is 37.2 Å². The van der Waals surface area contributed by atoms with Crippen LogP contribution in [-0.2, 0) is 6.42 Å². The Morgan fingerprint density at radius 1 is 1.25 bits per heavy atom. The molecule has 20 heavy (non-hydrogen) atoms. The Hall–Kier alpha value is -1.65. The van der Waals surface area contributed by atoms with Gasteiger partial charge in [-0.2, -0.15) is 5.10 Å². The third-order valence-corrected chi connectivity index (χ3v) is 4.04. The van der Waals surface area contributed by atoms with E-state index in [1.54, 1.807) is 6.20 Å². The molecule has 0 spiro atoms. The largest absolute Gasteiger partial charge is 0.310 e. The van der Waals surface area contributed by atoms with Crippen molar-refractivity contribution in [3.63, 3.8) is 0 Å². The van der Waals surface area contributed by atoms with Crippen LogP contribution in [-0.4, -0.2) is 19.7 Å². The molecule has 2 rings (SSSR count). The molecule has 5 nitrogen and oxygen atoms in total. The zero-order valence-corrected chi connectivity index (χ0v) is 12.8. The fourth-order valence-corrected chi connectivity index (χ4v) is 2.45. The van der Waals surface area contributed by atoms with Gasteiger partial charge in [0.15, 0.2) is 5.65 Å². The van der Waals surface area contributed by atoms with Crippen LogP contribution in [0.2, 0.25) is 0 Å². The number of nitrogens with one attached hydrogen (secondary N) is 1. The summed E-state index contributed by atoms with van der Waals surface area (Å²) >= 11 is 0. The minimum absolute atomic E-state index is 0.0782. The van der Waals surface area contributed by atoms with Crippen molar-refractivity contribution in [2.24, 2.45) is 5.92 Å². The number of nitrogens with zero attached hydrogens (tertiary/aromatic N) is 3. The number of rotatable bonds is 6. The highest BCUT2D eigenvalue weighted by Gasteiger charge is 2.15. The van der Waals surface area contributed by atoms with Crippen LogP contribution in [0.15, 0.2) is 11.0 Å². The highest BCUT2D eigenvalue weighted by Crippen LogP contribution is 2.19. The molecule has 0 bridgehead atoms. The fraction of sp³-hybridized carbons (Fsp3) is 0.667. The van der Waals surface area contributed by atoms with E-state index >= 15 is 0 Å². The highest BCUT2D eigenvalue weighted by atomic mass is 16.1. The Kier molecular flexibility index (Phi) is 4.57. The number of aromatic nitrogens is 4. The lowest BCUT2D eigenvalue weighted by Crippen LogP contribution is -2.16. The van der Waals surface area contributed by atoms with Gasteiger partial charge in [0.2, 0.25) is 0 Å². The number of H-pyrrole nitrogens is 1. The van der Waals surface area contributed by atoms with Gasteiger partial charge in [-0.15, -0.1) is 0 Å². The van der Waals surface area contributed by atoms with Gasteiger partial charge in [0.05, 0.1) is 12.2 Å².